The van der Waals surface area contributed by atoms with Crippen LogP contribution in [0.3, 0.4) is 0 Å². The van der Waals surface area contributed by atoms with Gasteiger partial charge in [-0.2, -0.15) is 0 Å². The average Bonchev–Trinajstić information content (AvgIpc) is 2.27. The Balaban J connectivity index is 2.53. The van der Waals surface area contributed by atoms with Crippen LogP contribution >= 0.6 is 27.5 Å². The van der Waals surface area contributed by atoms with Gasteiger partial charge in [0, 0.05) is 21.3 Å². The first kappa shape index (κ1) is 13.4. The first-order valence-corrected chi connectivity index (χ1v) is 6.80. The Labute approximate surface area is 119 Å². The maximum atomic E-state index is 12.1. The van der Waals surface area contributed by atoms with Gasteiger partial charge in [0.15, 0.2) is 0 Å². The fourth-order valence-corrected chi connectivity index (χ4v) is 2.81. The van der Waals surface area contributed by atoms with Crippen molar-refractivity contribution in [1.29, 1.82) is 0 Å². The molecule has 1 unspecified atom stereocenters. The van der Waals surface area contributed by atoms with Gasteiger partial charge in [0.2, 0.25) is 0 Å². The number of benzene rings is 1. The molecule has 2 nitrogen and oxygen atoms in total. The summed E-state index contributed by atoms with van der Waals surface area (Å²) in [6, 6.07) is 11.1. The van der Waals surface area contributed by atoms with Gasteiger partial charge in [0.1, 0.15) is 0 Å². The molecule has 0 spiro atoms. The van der Waals surface area contributed by atoms with Crippen LogP contribution in [-0.4, -0.2) is 4.57 Å². The van der Waals surface area contributed by atoms with Crippen molar-refractivity contribution in [2.24, 2.45) is 0 Å². The molecule has 0 aliphatic carbocycles. The van der Waals surface area contributed by atoms with Crippen molar-refractivity contribution >= 4 is 27.5 Å². The highest BCUT2D eigenvalue weighted by Crippen LogP contribution is 2.22. The number of hydrogen-bond acceptors (Lipinski definition) is 1. The summed E-state index contributed by atoms with van der Waals surface area (Å²) >= 11 is 9.32. The second-order valence-electron chi connectivity index (χ2n) is 4.25. The van der Waals surface area contributed by atoms with Crippen molar-refractivity contribution in [1.82, 2.24) is 4.57 Å². The lowest BCUT2D eigenvalue weighted by Crippen LogP contribution is -2.25. The van der Waals surface area contributed by atoms with E-state index in [9.17, 15) is 4.79 Å². The minimum atomic E-state index is -0.0377. The summed E-state index contributed by atoms with van der Waals surface area (Å²) in [5.74, 6) is 0. The van der Waals surface area contributed by atoms with E-state index in [1.807, 2.05) is 44.2 Å². The zero-order valence-electron chi connectivity index (χ0n) is 10.2. The fourth-order valence-electron chi connectivity index (χ4n) is 2.08. The van der Waals surface area contributed by atoms with Crippen LogP contribution in [0.5, 0.6) is 0 Å². The molecule has 94 valence electrons. The first-order chi connectivity index (χ1) is 8.49. The highest BCUT2D eigenvalue weighted by molar-refractivity contribution is 9.10. The second kappa shape index (κ2) is 5.29. The van der Waals surface area contributed by atoms with Gasteiger partial charge in [-0.1, -0.05) is 39.7 Å². The van der Waals surface area contributed by atoms with Crippen LogP contribution in [0.15, 0.2) is 45.7 Å². The summed E-state index contributed by atoms with van der Waals surface area (Å²) in [4.78, 5) is 12.1. The number of rotatable bonds is 2. The summed E-state index contributed by atoms with van der Waals surface area (Å²) in [7, 11) is 0. The Morgan fingerprint density at radius 2 is 2.00 bits per heavy atom. The third kappa shape index (κ3) is 2.68. The van der Waals surface area contributed by atoms with Crippen LogP contribution in [0.4, 0.5) is 0 Å². The fraction of sp³-hybridized carbons (Fsp3) is 0.214. The molecule has 2 rings (SSSR count). The molecule has 0 bridgehead atoms. The summed E-state index contributed by atoms with van der Waals surface area (Å²) in [6.45, 7) is 3.92. The molecule has 18 heavy (non-hydrogen) atoms. The Morgan fingerprint density at radius 3 is 2.61 bits per heavy atom. The number of nitrogens with zero attached hydrogens (tertiary/aromatic N) is 1. The lowest BCUT2D eigenvalue weighted by atomic mass is 10.1. The van der Waals surface area contributed by atoms with Gasteiger partial charge in [0.25, 0.3) is 5.56 Å². The van der Waals surface area contributed by atoms with E-state index in [-0.39, 0.29) is 11.6 Å². The van der Waals surface area contributed by atoms with Crippen molar-refractivity contribution in [3.63, 3.8) is 0 Å². The van der Waals surface area contributed by atoms with Crippen molar-refractivity contribution in [3.05, 3.63) is 67.5 Å². The molecule has 0 saturated carbocycles. The molecule has 0 aliphatic rings. The molecule has 0 amide bonds. The topological polar surface area (TPSA) is 22.0 Å². The lowest BCUT2D eigenvalue weighted by Gasteiger charge is -2.18. The maximum Gasteiger partial charge on any atom is 0.252 e. The number of hydrogen-bond donors (Lipinski definition) is 0. The molecule has 1 atom stereocenters. The molecule has 0 aliphatic heterocycles. The van der Waals surface area contributed by atoms with E-state index in [0.29, 0.717) is 5.02 Å². The van der Waals surface area contributed by atoms with E-state index >= 15 is 0 Å². The van der Waals surface area contributed by atoms with Crippen LogP contribution in [-0.2, 0) is 0 Å². The average molecular weight is 327 g/mol. The van der Waals surface area contributed by atoms with Gasteiger partial charge < -0.3 is 4.57 Å². The SMILES string of the molecule is Cc1cc(Br)cc(=O)n1C(C)c1cccc(Cl)c1. The van der Waals surface area contributed by atoms with Crippen LogP contribution in [0.2, 0.25) is 5.02 Å². The predicted molar refractivity (Wildman–Crippen MR) is 78.4 cm³/mol. The predicted octanol–water partition coefficient (Wildman–Crippen LogP) is 4.18. The Kier molecular flexibility index (Phi) is 3.93. The maximum absolute atomic E-state index is 12.1. The zero-order chi connectivity index (χ0) is 13.3. The van der Waals surface area contributed by atoms with Gasteiger partial charge in [-0.25, -0.2) is 0 Å². The molecule has 0 radical (unpaired) electrons. The highest BCUT2D eigenvalue weighted by Gasteiger charge is 2.12. The summed E-state index contributed by atoms with van der Waals surface area (Å²) < 4.78 is 2.57. The van der Waals surface area contributed by atoms with E-state index in [2.05, 4.69) is 15.9 Å². The van der Waals surface area contributed by atoms with Gasteiger partial charge >= 0.3 is 0 Å². The number of aromatic nitrogens is 1. The van der Waals surface area contributed by atoms with Crippen LogP contribution in [0.25, 0.3) is 0 Å². The number of aryl methyl sites for hydroxylation is 1. The van der Waals surface area contributed by atoms with E-state index in [1.165, 1.54) is 0 Å². The van der Waals surface area contributed by atoms with Crippen LogP contribution in [0, 0.1) is 6.92 Å². The Hall–Kier alpha value is -1.06. The van der Waals surface area contributed by atoms with E-state index in [1.54, 1.807) is 10.6 Å². The van der Waals surface area contributed by atoms with Gasteiger partial charge in [-0.05, 0) is 37.6 Å². The molecule has 1 aromatic carbocycles. The van der Waals surface area contributed by atoms with Crippen molar-refractivity contribution in [3.8, 4) is 0 Å². The minimum Gasteiger partial charge on any atom is -0.306 e. The quantitative estimate of drug-likeness (QED) is 0.811. The molecular weight excluding hydrogens is 314 g/mol. The largest absolute Gasteiger partial charge is 0.306 e. The molecule has 1 aromatic heterocycles. The summed E-state index contributed by atoms with van der Waals surface area (Å²) in [5.41, 5.74) is 1.92. The molecule has 2 aromatic rings. The van der Waals surface area contributed by atoms with Gasteiger partial charge in [-0.3, -0.25) is 4.79 Å². The third-order valence-electron chi connectivity index (χ3n) is 2.94. The smallest absolute Gasteiger partial charge is 0.252 e. The molecule has 0 saturated heterocycles. The minimum absolute atomic E-state index is 0.0191. The van der Waals surface area contributed by atoms with Gasteiger partial charge in [-0.15, -0.1) is 0 Å². The van der Waals surface area contributed by atoms with E-state index < -0.39 is 0 Å². The zero-order valence-corrected chi connectivity index (χ0v) is 12.5. The van der Waals surface area contributed by atoms with Crippen molar-refractivity contribution < 1.29 is 0 Å². The van der Waals surface area contributed by atoms with Crippen molar-refractivity contribution in [2.75, 3.05) is 0 Å². The molecular formula is C14H13BrClNO. The molecule has 0 N–H and O–H groups in total. The normalized spacial score (nSPS) is 12.4. The van der Waals surface area contributed by atoms with Crippen molar-refractivity contribution in [2.45, 2.75) is 19.9 Å². The highest BCUT2D eigenvalue weighted by atomic mass is 79.9. The summed E-state index contributed by atoms with van der Waals surface area (Å²) in [5, 5.41) is 0.683. The lowest BCUT2D eigenvalue weighted by molar-refractivity contribution is 0.596. The molecule has 1 heterocycles. The van der Waals surface area contributed by atoms with E-state index in [4.69, 9.17) is 11.6 Å². The molecule has 4 heteroatoms. The van der Waals surface area contributed by atoms with Gasteiger partial charge in [0.05, 0.1) is 6.04 Å². The summed E-state index contributed by atoms with van der Waals surface area (Å²) in [6.07, 6.45) is 0. The molecule has 0 fully saturated rings. The first-order valence-electron chi connectivity index (χ1n) is 5.63. The van der Waals surface area contributed by atoms with E-state index in [0.717, 1.165) is 15.7 Å². The third-order valence-corrected chi connectivity index (χ3v) is 3.64. The van der Waals surface area contributed by atoms with Crippen LogP contribution in [0.1, 0.15) is 24.2 Å². The second-order valence-corrected chi connectivity index (χ2v) is 5.61. The standard InChI is InChI=1S/C14H13BrClNO/c1-9-6-12(15)8-14(18)17(9)10(2)11-4-3-5-13(16)7-11/h3-8,10H,1-2H3. The Bertz CT molecular complexity index is 636. The Morgan fingerprint density at radius 1 is 1.28 bits per heavy atom. The number of pyridine rings is 1. The number of halogens is 2. The monoisotopic (exact) mass is 325 g/mol. The van der Waals surface area contributed by atoms with Crippen LogP contribution < -0.4 is 5.56 Å².